The summed E-state index contributed by atoms with van der Waals surface area (Å²) in [4.78, 5) is 24.2. The molecule has 0 radical (unpaired) electrons. The zero-order valence-corrected chi connectivity index (χ0v) is 18.5. The fraction of sp³-hybridized carbons (Fsp3) is 0.304. The molecule has 2 heterocycles. The van der Waals surface area contributed by atoms with Gasteiger partial charge < -0.3 is 15.2 Å². The van der Waals surface area contributed by atoms with Gasteiger partial charge in [0.25, 0.3) is 6.02 Å². The maximum absolute atomic E-state index is 15.1. The highest BCUT2D eigenvalue weighted by Crippen LogP contribution is 2.49. The topological polar surface area (TPSA) is 109 Å². The quantitative estimate of drug-likeness (QED) is 0.477. The van der Waals surface area contributed by atoms with E-state index in [4.69, 9.17) is 21.4 Å². The lowest BCUT2D eigenvalue weighted by Gasteiger charge is -2.49. The number of halogens is 2. The average Bonchev–Trinajstić information content (AvgIpc) is 2.73. The van der Waals surface area contributed by atoms with Crippen molar-refractivity contribution in [2.24, 2.45) is 4.99 Å². The first-order chi connectivity index (χ1) is 15.8. The molecule has 170 valence electrons. The molecule has 1 spiro atoms. The predicted octanol–water partition coefficient (Wildman–Crippen LogP) is 5.35. The van der Waals surface area contributed by atoms with Crippen molar-refractivity contribution in [3.8, 4) is 0 Å². The van der Waals surface area contributed by atoms with Crippen LogP contribution in [0.4, 0.5) is 20.7 Å². The van der Waals surface area contributed by atoms with Crippen LogP contribution in [0.2, 0.25) is 5.02 Å². The second-order valence-electron chi connectivity index (χ2n) is 8.64. The maximum Gasteiger partial charge on any atom is 0.412 e. The number of benzene rings is 2. The van der Waals surface area contributed by atoms with Crippen LogP contribution in [-0.4, -0.2) is 32.8 Å². The summed E-state index contributed by atoms with van der Waals surface area (Å²) in [6, 6.07) is 9.87. The Morgan fingerprint density at radius 2 is 2.03 bits per heavy atom. The largest absolute Gasteiger partial charge is 0.465 e. The number of hydrogen-bond donors (Lipinski definition) is 3. The Balaban J connectivity index is 1.53. The van der Waals surface area contributed by atoms with E-state index >= 15 is 4.39 Å². The molecular formula is C23H21ClFN5O3. The standard InChI is InChI=1S/C23H21ClFN5O3/c1-22(11-23(7-2-8-23)33-20(30-22)29-21(31)32)16-10-14(4-6-17(16)25)28-19-15-5-3-13(24)9-18(15)26-12-27-19/h3-6,9-10,12H,2,7-8,11H2,1H3,(H,29,30)(H,31,32)(H,26,27,28)/t22-/m0/s1. The van der Waals surface area contributed by atoms with Crippen molar-refractivity contribution in [3.05, 3.63) is 59.1 Å². The van der Waals surface area contributed by atoms with E-state index < -0.39 is 23.1 Å². The molecule has 5 rings (SSSR count). The summed E-state index contributed by atoms with van der Waals surface area (Å²) < 4.78 is 20.9. The van der Waals surface area contributed by atoms with Crippen LogP contribution in [0.25, 0.3) is 10.9 Å². The van der Waals surface area contributed by atoms with E-state index in [2.05, 4.69) is 25.6 Å². The molecule has 1 amide bonds. The van der Waals surface area contributed by atoms with Gasteiger partial charge in [-0.1, -0.05) is 11.6 Å². The first-order valence-corrected chi connectivity index (χ1v) is 10.9. The van der Waals surface area contributed by atoms with Crippen molar-refractivity contribution in [3.63, 3.8) is 0 Å². The van der Waals surface area contributed by atoms with Crippen LogP contribution in [0.5, 0.6) is 0 Å². The number of rotatable bonds is 3. The van der Waals surface area contributed by atoms with E-state index in [1.54, 1.807) is 31.2 Å². The van der Waals surface area contributed by atoms with Crippen molar-refractivity contribution in [2.75, 3.05) is 5.32 Å². The molecule has 10 heteroatoms. The number of amidine groups is 1. The molecule has 0 bridgehead atoms. The lowest BCUT2D eigenvalue weighted by atomic mass is 9.69. The number of amides is 1. The second kappa shape index (κ2) is 7.84. The Hall–Kier alpha value is -3.46. The fourth-order valence-corrected chi connectivity index (χ4v) is 4.75. The van der Waals surface area contributed by atoms with Crippen LogP contribution >= 0.6 is 11.6 Å². The van der Waals surface area contributed by atoms with Gasteiger partial charge in [0.15, 0.2) is 0 Å². The number of nitrogens with one attached hydrogen (secondary N) is 2. The van der Waals surface area contributed by atoms with Crippen molar-refractivity contribution >= 4 is 46.1 Å². The number of carbonyl (C=O) groups is 1. The lowest BCUT2D eigenvalue weighted by molar-refractivity contribution is -0.0604. The Labute approximate surface area is 193 Å². The van der Waals surface area contributed by atoms with Gasteiger partial charge in [0, 0.05) is 28.1 Å². The zero-order chi connectivity index (χ0) is 23.2. The van der Waals surface area contributed by atoms with Gasteiger partial charge in [-0.05, 0) is 62.6 Å². The molecule has 0 saturated heterocycles. The lowest BCUT2D eigenvalue weighted by Crippen LogP contribution is -2.54. The normalized spacial score (nSPS) is 21.1. The van der Waals surface area contributed by atoms with Crippen molar-refractivity contribution in [1.82, 2.24) is 15.3 Å². The molecule has 3 N–H and O–H groups in total. The van der Waals surface area contributed by atoms with Gasteiger partial charge in [0.05, 0.1) is 11.1 Å². The number of nitrogens with zero attached hydrogens (tertiary/aromatic N) is 3. The number of carboxylic acid groups (broad SMARTS) is 1. The molecule has 0 unspecified atom stereocenters. The van der Waals surface area contributed by atoms with Crippen LogP contribution in [0.1, 0.15) is 38.2 Å². The molecule has 1 aromatic heterocycles. The Bertz CT molecular complexity index is 1300. The first-order valence-electron chi connectivity index (χ1n) is 10.5. The Kier molecular flexibility index (Phi) is 5.08. The van der Waals surface area contributed by atoms with Gasteiger partial charge in [-0.25, -0.2) is 29.5 Å². The molecule has 2 aromatic carbocycles. The molecule has 1 aliphatic carbocycles. The van der Waals surface area contributed by atoms with Gasteiger partial charge in [-0.15, -0.1) is 0 Å². The minimum absolute atomic E-state index is 0.104. The van der Waals surface area contributed by atoms with Gasteiger partial charge in [0.2, 0.25) is 0 Å². The molecule has 33 heavy (non-hydrogen) atoms. The van der Waals surface area contributed by atoms with Crippen molar-refractivity contribution in [1.29, 1.82) is 0 Å². The maximum atomic E-state index is 15.1. The highest BCUT2D eigenvalue weighted by atomic mass is 35.5. The summed E-state index contributed by atoms with van der Waals surface area (Å²) in [5.41, 5.74) is 0.0682. The van der Waals surface area contributed by atoms with Crippen LogP contribution in [0.15, 0.2) is 47.7 Å². The van der Waals surface area contributed by atoms with Crippen LogP contribution < -0.4 is 10.6 Å². The highest BCUT2D eigenvalue weighted by Gasteiger charge is 2.50. The predicted molar refractivity (Wildman–Crippen MR) is 122 cm³/mol. The van der Waals surface area contributed by atoms with E-state index in [9.17, 15) is 4.79 Å². The number of ether oxygens (including phenoxy) is 1. The first kappa shape index (κ1) is 21.4. The van der Waals surface area contributed by atoms with Crippen molar-refractivity contribution in [2.45, 2.75) is 43.7 Å². The summed E-state index contributed by atoms with van der Waals surface area (Å²) in [7, 11) is 0. The monoisotopic (exact) mass is 469 g/mol. The van der Waals surface area contributed by atoms with Crippen LogP contribution in [-0.2, 0) is 10.3 Å². The van der Waals surface area contributed by atoms with Gasteiger partial charge in [-0.2, -0.15) is 0 Å². The third kappa shape index (κ3) is 4.04. The van der Waals surface area contributed by atoms with Gasteiger partial charge >= 0.3 is 6.09 Å². The summed E-state index contributed by atoms with van der Waals surface area (Å²) in [6.07, 6.45) is 3.08. The van der Waals surface area contributed by atoms with E-state index in [0.717, 1.165) is 24.6 Å². The number of fused-ring (bicyclic) bond motifs is 1. The SMILES string of the molecule is C[C@@]1(c2cc(Nc3ncnc4cc(Cl)ccc34)ccc2F)CC2(CCC2)OC(NC(=O)O)=N1. The zero-order valence-electron chi connectivity index (χ0n) is 17.7. The fourth-order valence-electron chi connectivity index (χ4n) is 4.59. The molecule has 2 aliphatic rings. The number of aromatic nitrogens is 2. The minimum atomic E-state index is -1.28. The highest BCUT2D eigenvalue weighted by molar-refractivity contribution is 6.31. The Morgan fingerprint density at radius 3 is 2.76 bits per heavy atom. The van der Waals surface area contributed by atoms with Gasteiger partial charge in [-0.3, -0.25) is 0 Å². The Morgan fingerprint density at radius 1 is 1.21 bits per heavy atom. The number of hydrogen-bond acceptors (Lipinski definition) is 6. The van der Waals surface area contributed by atoms with Crippen LogP contribution in [0.3, 0.4) is 0 Å². The van der Waals surface area contributed by atoms with Crippen molar-refractivity contribution < 1.29 is 19.0 Å². The summed E-state index contributed by atoms with van der Waals surface area (Å²) >= 11 is 6.07. The molecule has 1 aliphatic heterocycles. The third-order valence-electron chi connectivity index (χ3n) is 6.21. The third-order valence-corrected chi connectivity index (χ3v) is 6.45. The smallest absolute Gasteiger partial charge is 0.412 e. The van der Waals surface area contributed by atoms with E-state index in [0.29, 0.717) is 34.0 Å². The molecule has 8 nitrogen and oxygen atoms in total. The van der Waals surface area contributed by atoms with E-state index in [-0.39, 0.29) is 6.02 Å². The van der Waals surface area contributed by atoms with Gasteiger partial charge in [0.1, 0.15) is 23.6 Å². The molecule has 1 fully saturated rings. The molecular weight excluding hydrogens is 449 g/mol. The average molecular weight is 470 g/mol. The minimum Gasteiger partial charge on any atom is -0.465 e. The van der Waals surface area contributed by atoms with E-state index in [1.165, 1.54) is 12.4 Å². The summed E-state index contributed by atoms with van der Waals surface area (Å²) in [6.45, 7) is 1.80. The van der Waals surface area contributed by atoms with E-state index in [1.807, 2.05) is 6.07 Å². The molecule has 1 atom stereocenters. The summed E-state index contributed by atoms with van der Waals surface area (Å²) in [5, 5.41) is 15.9. The molecule has 3 aromatic rings. The molecule has 1 saturated carbocycles. The second-order valence-corrected chi connectivity index (χ2v) is 9.08. The number of anilines is 2. The number of aliphatic imine (C=N–C) groups is 1. The summed E-state index contributed by atoms with van der Waals surface area (Å²) in [5.74, 6) is 0.121. The van der Waals surface area contributed by atoms with Crippen LogP contribution in [0, 0.1) is 5.82 Å².